The summed E-state index contributed by atoms with van der Waals surface area (Å²) in [6.45, 7) is 0.0725. The summed E-state index contributed by atoms with van der Waals surface area (Å²) >= 11 is 3.41. The largest absolute Gasteiger partial charge is 0.523 e. The maximum Gasteiger partial charge on any atom is 0.523 e. The zero-order valence-electron chi connectivity index (χ0n) is 14.9. The van der Waals surface area contributed by atoms with Crippen molar-refractivity contribution in [3.8, 4) is 5.75 Å². The Morgan fingerprint density at radius 3 is 2.29 bits per heavy atom. The molecular formula is C17H20BrF5O4S. The molecule has 0 unspecified atom stereocenters. The van der Waals surface area contributed by atoms with Crippen LogP contribution in [0.25, 0.3) is 0 Å². The Morgan fingerprint density at radius 2 is 1.71 bits per heavy atom. The average Bonchev–Trinajstić information content (AvgIpc) is 2.58. The van der Waals surface area contributed by atoms with Crippen LogP contribution in [0, 0.1) is 12.8 Å². The van der Waals surface area contributed by atoms with Crippen LogP contribution < -0.4 is 4.74 Å². The second kappa shape index (κ2) is 8.83. The summed E-state index contributed by atoms with van der Waals surface area (Å²) < 4.78 is 96.1. The first-order chi connectivity index (χ1) is 12.8. The van der Waals surface area contributed by atoms with Crippen molar-refractivity contribution in [1.29, 1.82) is 0 Å². The standard InChI is InChI=1S/C17H20BrF5O4S/c1-11-14(18)3-2-4-15(11)27-13-7-5-12(6-8-13)9-16(19,20)10-26-28(24,25)17(21,22)23/h2-4,12-13H,5-10H2,1H3/t12-,13-. The highest BCUT2D eigenvalue weighted by molar-refractivity contribution is 9.10. The SMILES string of the molecule is Cc1c(Br)cccc1O[C@H]1CC[C@H](CC(F)(F)COS(=O)(=O)C(F)(F)F)CC1. The van der Waals surface area contributed by atoms with Gasteiger partial charge in [-0.1, -0.05) is 22.0 Å². The van der Waals surface area contributed by atoms with E-state index in [0.29, 0.717) is 31.4 Å². The normalized spacial score (nSPS) is 21.5. The highest BCUT2D eigenvalue weighted by atomic mass is 79.9. The molecule has 0 heterocycles. The van der Waals surface area contributed by atoms with Gasteiger partial charge in [-0.2, -0.15) is 21.6 Å². The third kappa shape index (κ3) is 6.28. The lowest BCUT2D eigenvalue weighted by molar-refractivity contribution is -0.0826. The molecule has 0 N–H and O–H groups in total. The van der Waals surface area contributed by atoms with Crippen LogP contribution in [0.4, 0.5) is 22.0 Å². The van der Waals surface area contributed by atoms with Crippen molar-refractivity contribution in [2.45, 2.75) is 56.6 Å². The summed E-state index contributed by atoms with van der Waals surface area (Å²) in [5.74, 6) is -3.41. The molecule has 0 aromatic heterocycles. The number of halogens is 6. The van der Waals surface area contributed by atoms with Crippen LogP contribution in [0.15, 0.2) is 22.7 Å². The monoisotopic (exact) mass is 494 g/mol. The first-order valence-corrected chi connectivity index (χ1v) is 10.8. The zero-order chi connectivity index (χ0) is 21.2. The van der Waals surface area contributed by atoms with Crippen LogP contribution in [-0.2, 0) is 14.3 Å². The van der Waals surface area contributed by atoms with Gasteiger partial charge in [0.2, 0.25) is 0 Å². The highest BCUT2D eigenvalue weighted by Crippen LogP contribution is 2.37. The van der Waals surface area contributed by atoms with Crippen molar-refractivity contribution >= 4 is 26.0 Å². The Bertz CT molecular complexity index is 774. The molecule has 1 saturated carbocycles. The minimum Gasteiger partial charge on any atom is -0.490 e. The van der Waals surface area contributed by atoms with Crippen LogP contribution in [0.1, 0.15) is 37.7 Å². The fourth-order valence-electron chi connectivity index (χ4n) is 3.06. The maximum absolute atomic E-state index is 13.9. The van der Waals surface area contributed by atoms with Gasteiger partial charge >= 0.3 is 15.6 Å². The fraction of sp³-hybridized carbons (Fsp3) is 0.647. The Kier molecular flexibility index (Phi) is 7.36. The van der Waals surface area contributed by atoms with Gasteiger partial charge in [0, 0.05) is 16.5 Å². The van der Waals surface area contributed by atoms with Crippen molar-refractivity contribution in [3.63, 3.8) is 0 Å². The molecule has 0 atom stereocenters. The molecule has 4 nitrogen and oxygen atoms in total. The molecule has 1 aromatic rings. The number of hydrogen-bond donors (Lipinski definition) is 0. The van der Waals surface area contributed by atoms with Crippen LogP contribution >= 0.6 is 15.9 Å². The van der Waals surface area contributed by atoms with Gasteiger partial charge in [-0.15, -0.1) is 0 Å². The molecule has 0 bridgehead atoms. The third-order valence-corrected chi connectivity index (χ3v) is 6.46. The molecule has 0 radical (unpaired) electrons. The molecule has 1 fully saturated rings. The van der Waals surface area contributed by atoms with Gasteiger partial charge in [0.05, 0.1) is 6.10 Å². The van der Waals surface area contributed by atoms with Gasteiger partial charge in [-0.25, -0.2) is 8.78 Å². The van der Waals surface area contributed by atoms with E-state index in [1.54, 1.807) is 0 Å². The number of rotatable bonds is 7. The van der Waals surface area contributed by atoms with E-state index in [1.807, 2.05) is 25.1 Å². The Morgan fingerprint density at radius 1 is 1.11 bits per heavy atom. The lowest BCUT2D eigenvalue weighted by Crippen LogP contribution is -2.34. The van der Waals surface area contributed by atoms with Gasteiger partial charge in [-0.05, 0) is 50.7 Å². The van der Waals surface area contributed by atoms with E-state index >= 15 is 0 Å². The van der Waals surface area contributed by atoms with Crippen molar-refractivity contribution in [2.24, 2.45) is 5.92 Å². The quantitative estimate of drug-likeness (QED) is 0.281. The molecule has 1 aliphatic carbocycles. The van der Waals surface area contributed by atoms with Gasteiger partial charge < -0.3 is 4.74 Å². The number of ether oxygens (including phenoxy) is 1. The summed E-state index contributed by atoms with van der Waals surface area (Å²) in [7, 11) is -6.03. The molecule has 28 heavy (non-hydrogen) atoms. The molecule has 11 heteroatoms. The van der Waals surface area contributed by atoms with E-state index in [0.717, 1.165) is 10.0 Å². The van der Waals surface area contributed by atoms with Crippen molar-refractivity contribution in [3.05, 3.63) is 28.2 Å². The zero-order valence-corrected chi connectivity index (χ0v) is 17.3. The van der Waals surface area contributed by atoms with E-state index in [1.165, 1.54) is 0 Å². The maximum atomic E-state index is 13.9. The molecule has 1 aromatic carbocycles. The fourth-order valence-corrected chi connectivity index (χ4v) is 3.87. The van der Waals surface area contributed by atoms with Gasteiger partial charge in [0.15, 0.2) is 0 Å². The number of alkyl halides is 5. The summed E-state index contributed by atoms with van der Waals surface area (Å²) in [6, 6.07) is 5.52. The number of hydrogen-bond acceptors (Lipinski definition) is 4. The lowest BCUT2D eigenvalue weighted by Gasteiger charge is -2.31. The Labute approximate surface area is 168 Å². The molecular weight excluding hydrogens is 475 g/mol. The Balaban J connectivity index is 1.83. The molecule has 1 aliphatic rings. The van der Waals surface area contributed by atoms with E-state index in [4.69, 9.17) is 4.74 Å². The third-order valence-electron chi connectivity index (χ3n) is 4.60. The Hall–Kier alpha value is -0.940. The van der Waals surface area contributed by atoms with Crippen molar-refractivity contribution in [1.82, 2.24) is 0 Å². The molecule has 0 aliphatic heterocycles. The molecule has 2 rings (SSSR count). The second-order valence-electron chi connectivity index (χ2n) is 6.85. The van der Waals surface area contributed by atoms with Crippen LogP contribution in [0.5, 0.6) is 5.75 Å². The van der Waals surface area contributed by atoms with E-state index in [-0.39, 0.29) is 6.10 Å². The van der Waals surface area contributed by atoms with Crippen LogP contribution in [-0.4, -0.2) is 32.6 Å². The topological polar surface area (TPSA) is 52.6 Å². The van der Waals surface area contributed by atoms with Crippen molar-refractivity contribution < 1.29 is 39.3 Å². The molecule has 0 saturated heterocycles. The summed E-state index contributed by atoms with van der Waals surface area (Å²) in [5, 5.41) is 0. The number of benzene rings is 1. The summed E-state index contributed by atoms with van der Waals surface area (Å²) in [5.41, 5.74) is -4.79. The highest BCUT2D eigenvalue weighted by Gasteiger charge is 2.49. The second-order valence-corrected chi connectivity index (χ2v) is 9.31. The van der Waals surface area contributed by atoms with Gasteiger partial charge in [-0.3, -0.25) is 4.18 Å². The molecule has 160 valence electrons. The minimum atomic E-state index is -6.03. The van der Waals surface area contributed by atoms with E-state index in [2.05, 4.69) is 20.1 Å². The summed E-state index contributed by atoms with van der Waals surface area (Å²) in [4.78, 5) is 0. The van der Waals surface area contributed by atoms with Crippen LogP contribution in [0.3, 0.4) is 0 Å². The predicted molar refractivity (Wildman–Crippen MR) is 95.7 cm³/mol. The average molecular weight is 495 g/mol. The van der Waals surface area contributed by atoms with E-state index in [9.17, 15) is 30.4 Å². The lowest BCUT2D eigenvalue weighted by atomic mass is 9.83. The smallest absolute Gasteiger partial charge is 0.490 e. The summed E-state index contributed by atoms with van der Waals surface area (Å²) in [6.07, 6.45) is 0.976. The minimum absolute atomic E-state index is 0.139. The van der Waals surface area contributed by atoms with Gasteiger partial charge in [0.1, 0.15) is 12.4 Å². The molecule has 0 spiro atoms. The predicted octanol–water partition coefficient (Wildman–Crippen LogP) is 5.59. The van der Waals surface area contributed by atoms with Crippen LogP contribution in [0.2, 0.25) is 0 Å². The van der Waals surface area contributed by atoms with Gasteiger partial charge in [0.25, 0.3) is 5.92 Å². The first kappa shape index (κ1) is 23.3. The van der Waals surface area contributed by atoms with E-state index < -0.39 is 40.5 Å². The molecule has 0 amide bonds. The van der Waals surface area contributed by atoms with Crippen molar-refractivity contribution in [2.75, 3.05) is 6.61 Å². The first-order valence-electron chi connectivity index (χ1n) is 8.56.